The van der Waals surface area contributed by atoms with Crippen LogP contribution in [0, 0.1) is 11.8 Å². The molecule has 1 aromatic heterocycles. The first-order valence-corrected chi connectivity index (χ1v) is 7.59. The van der Waals surface area contributed by atoms with Crippen LogP contribution < -0.4 is 0 Å². The maximum Gasteiger partial charge on any atom is 0.127 e. The second kappa shape index (κ2) is 4.53. The monoisotopic (exact) mass is 326 g/mol. The lowest BCUT2D eigenvalue weighted by Crippen LogP contribution is -2.06. The van der Waals surface area contributed by atoms with Gasteiger partial charge in [-0.15, -0.1) is 11.6 Å². The number of imidazole rings is 1. The Morgan fingerprint density at radius 3 is 2.89 bits per heavy atom. The summed E-state index contributed by atoms with van der Waals surface area (Å²) in [5.41, 5.74) is 2.22. The molecule has 0 amide bonds. The zero-order valence-electron chi connectivity index (χ0n) is 10.5. The summed E-state index contributed by atoms with van der Waals surface area (Å²) in [6.45, 7) is 5.34. The summed E-state index contributed by atoms with van der Waals surface area (Å²) in [5, 5.41) is -0.0507. The van der Waals surface area contributed by atoms with E-state index >= 15 is 0 Å². The summed E-state index contributed by atoms with van der Waals surface area (Å²) >= 11 is 9.80. The standard InChI is InChI=1S/C14H16BrClN2/c1-8-5-10(8)7-18-13-6-11(15)3-4-12(13)17-14(18)9(2)16/h3-4,6,8-10H,5,7H2,1-2H3. The number of fused-ring (bicyclic) bond motifs is 1. The molecular weight excluding hydrogens is 312 g/mol. The van der Waals surface area contributed by atoms with Crippen molar-refractivity contribution in [1.29, 1.82) is 0 Å². The molecule has 0 radical (unpaired) electrons. The number of hydrogen-bond donors (Lipinski definition) is 0. The van der Waals surface area contributed by atoms with E-state index in [2.05, 4.69) is 44.5 Å². The second-order valence-electron chi connectivity index (χ2n) is 5.30. The van der Waals surface area contributed by atoms with Gasteiger partial charge in [0.1, 0.15) is 5.82 Å². The molecule has 1 aliphatic rings. The normalized spacial score (nSPS) is 24.4. The van der Waals surface area contributed by atoms with Crippen molar-refractivity contribution >= 4 is 38.6 Å². The zero-order chi connectivity index (χ0) is 12.9. The largest absolute Gasteiger partial charge is 0.326 e. The minimum atomic E-state index is -0.0507. The Balaban J connectivity index is 2.10. The number of aromatic nitrogens is 2. The summed E-state index contributed by atoms with van der Waals surface area (Å²) in [6.07, 6.45) is 1.32. The van der Waals surface area contributed by atoms with Crippen LogP contribution >= 0.6 is 27.5 Å². The van der Waals surface area contributed by atoms with Gasteiger partial charge in [-0.25, -0.2) is 4.98 Å². The number of halogens is 2. The van der Waals surface area contributed by atoms with Gasteiger partial charge in [0.25, 0.3) is 0 Å². The van der Waals surface area contributed by atoms with E-state index in [0.717, 1.165) is 34.2 Å². The van der Waals surface area contributed by atoms with Crippen LogP contribution in [0.2, 0.25) is 0 Å². The molecule has 1 aromatic carbocycles. The SMILES string of the molecule is CC(Cl)c1nc2ccc(Br)cc2n1CC1CC1C. The molecule has 0 N–H and O–H groups in total. The molecule has 1 aliphatic carbocycles. The van der Waals surface area contributed by atoms with Crippen LogP contribution in [-0.4, -0.2) is 9.55 Å². The number of hydrogen-bond acceptors (Lipinski definition) is 1. The number of alkyl halides is 1. The van der Waals surface area contributed by atoms with E-state index in [4.69, 9.17) is 11.6 Å². The molecule has 1 saturated carbocycles. The van der Waals surface area contributed by atoms with Gasteiger partial charge in [0.2, 0.25) is 0 Å². The van der Waals surface area contributed by atoms with Crippen LogP contribution in [0.15, 0.2) is 22.7 Å². The Labute approximate surface area is 120 Å². The summed E-state index contributed by atoms with van der Waals surface area (Å²) in [6, 6.07) is 6.22. The average Bonchev–Trinajstić information content (AvgIpc) is 2.87. The van der Waals surface area contributed by atoms with Gasteiger partial charge in [-0.3, -0.25) is 0 Å². The van der Waals surface area contributed by atoms with Gasteiger partial charge in [-0.05, 0) is 43.4 Å². The van der Waals surface area contributed by atoms with Gasteiger partial charge in [0, 0.05) is 11.0 Å². The van der Waals surface area contributed by atoms with Crippen molar-refractivity contribution in [3.05, 3.63) is 28.5 Å². The Hall–Kier alpha value is -0.540. The number of nitrogens with zero attached hydrogens (tertiary/aromatic N) is 2. The fourth-order valence-corrected chi connectivity index (χ4v) is 3.01. The highest BCUT2D eigenvalue weighted by Gasteiger charge is 2.33. The smallest absolute Gasteiger partial charge is 0.127 e. The molecule has 18 heavy (non-hydrogen) atoms. The van der Waals surface area contributed by atoms with E-state index in [-0.39, 0.29) is 5.38 Å². The summed E-state index contributed by atoms with van der Waals surface area (Å²) in [5.74, 6) is 2.62. The first kappa shape index (κ1) is 12.5. The molecule has 3 rings (SSSR count). The van der Waals surface area contributed by atoms with E-state index in [1.54, 1.807) is 0 Å². The molecule has 2 aromatic rings. The summed E-state index contributed by atoms with van der Waals surface area (Å²) in [4.78, 5) is 4.67. The van der Waals surface area contributed by atoms with Gasteiger partial charge in [-0.1, -0.05) is 22.9 Å². The predicted octanol–water partition coefficient (Wildman–Crippen LogP) is 4.75. The molecule has 4 heteroatoms. The van der Waals surface area contributed by atoms with Crippen molar-refractivity contribution in [1.82, 2.24) is 9.55 Å². The van der Waals surface area contributed by atoms with E-state index in [1.807, 2.05) is 13.0 Å². The van der Waals surface area contributed by atoms with E-state index < -0.39 is 0 Å². The van der Waals surface area contributed by atoms with Gasteiger partial charge in [0.15, 0.2) is 0 Å². The Morgan fingerprint density at radius 2 is 2.28 bits per heavy atom. The van der Waals surface area contributed by atoms with Gasteiger partial charge in [-0.2, -0.15) is 0 Å². The van der Waals surface area contributed by atoms with Gasteiger partial charge in [0.05, 0.1) is 16.4 Å². The molecule has 1 heterocycles. The maximum atomic E-state index is 6.26. The van der Waals surface area contributed by atoms with Crippen LogP contribution in [0.5, 0.6) is 0 Å². The zero-order valence-corrected chi connectivity index (χ0v) is 12.9. The maximum absolute atomic E-state index is 6.26. The molecule has 0 spiro atoms. The minimum absolute atomic E-state index is 0.0507. The van der Waals surface area contributed by atoms with Crippen molar-refractivity contribution in [3.8, 4) is 0 Å². The number of rotatable bonds is 3. The molecule has 3 unspecified atom stereocenters. The molecule has 96 valence electrons. The van der Waals surface area contributed by atoms with Crippen LogP contribution in [0.4, 0.5) is 0 Å². The second-order valence-corrected chi connectivity index (χ2v) is 6.87. The van der Waals surface area contributed by atoms with Crippen LogP contribution in [0.25, 0.3) is 11.0 Å². The molecular formula is C14H16BrClN2. The van der Waals surface area contributed by atoms with E-state index in [1.165, 1.54) is 11.9 Å². The fourth-order valence-electron chi connectivity index (χ4n) is 2.50. The lowest BCUT2D eigenvalue weighted by molar-refractivity contribution is 0.582. The van der Waals surface area contributed by atoms with E-state index in [0.29, 0.717) is 0 Å². The first-order chi connectivity index (χ1) is 8.56. The van der Waals surface area contributed by atoms with E-state index in [9.17, 15) is 0 Å². The molecule has 1 fully saturated rings. The fraction of sp³-hybridized carbons (Fsp3) is 0.500. The van der Waals surface area contributed by atoms with Crippen molar-refractivity contribution < 1.29 is 0 Å². The van der Waals surface area contributed by atoms with Crippen LogP contribution in [0.1, 0.15) is 31.5 Å². The quantitative estimate of drug-likeness (QED) is 0.744. The predicted molar refractivity (Wildman–Crippen MR) is 79.0 cm³/mol. The van der Waals surface area contributed by atoms with Gasteiger partial charge >= 0.3 is 0 Å². The highest BCUT2D eigenvalue weighted by atomic mass is 79.9. The molecule has 0 aliphatic heterocycles. The number of benzene rings is 1. The minimum Gasteiger partial charge on any atom is -0.326 e. The Morgan fingerprint density at radius 1 is 1.56 bits per heavy atom. The van der Waals surface area contributed by atoms with Crippen molar-refractivity contribution in [2.24, 2.45) is 11.8 Å². The van der Waals surface area contributed by atoms with Crippen molar-refractivity contribution in [2.45, 2.75) is 32.2 Å². The first-order valence-electron chi connectivity index (χ1n) is 6.36. The molecule has 3 atom stereocenters. The molecule has 0 bridgehead atoms. The highest BCUT2D eigenvalue weighted by Crippen LogP contribution is 2.40. The summed E-state index contributed by atoms with van der Waals surface area (Å²) in [7, 11) is 0. The molecule has 0 saturated heterocycles. The van der Waals surface area contributed by atoms with Crippen LogP contribution in [-0.2, 0) is 6.54 Å². The highest BCUT2D eigenvalue weighted by molar-refractivity contribution is 9.10. The van der Waals surface area contributed by atoms with Crippen molar-refractivity contribution in [2.75, 3.05) is 0 Å². The lowest BCUT2D eigenvalue weighted by atomic mass is 10.3. The third-order valence-corrected chi connectivity index (χ3v) is 4.48. The lowest BCUT2D eigenvalue weighted by Gasteiger charge is -2.10. The third-order valence-electron chi connectivity index (χ3n) is 3.79. The Bertz CT molecular complexity index is 591. The van der Waals surface area contributed by atoms with Crippen molar-refractivity contribution in [3.63, 3.8) is 0 Å². The van der Waals surface area contributed by atoms with Crippen LogP contribution in [0.3, 0.4) is 0 Å². The summed E-state index contributed by atoms with van der Waals surface area (Å²) < 4.78 is 3.39. The average molecular weight is 328 g/mol. The Kier molecular flexibility index (Phi) is 3.15. The molecule has 2 nitrogen and oxygen atoms in total. The topological polar surface area (TPSA) is 17.8 Å². The third kappa shape index (κ3) is 2.19. The van der Waals surface area contributed by atoms with Gasteiger partial charge < -0.3 is 4.57 Å².